The van der Waals surface area contributed by atoms with Crippen LogP contribution in [0.15, 0.2) is 71.8 Å². The van der Waals surface area contributed by atoms with Crippen LogP contribution in [0.1, 0.15) is 23.6 Å². The maximum atomic E-state index is 12.3. The first-order chi connectivity index (χ1) is 15.0. The SMILES string of the molecule is CCOc1cc(/C=N/Nc2ccccc2)ccc1OCC(=O)Nc1ccc(C)c(C)c1. The molecule has 0 heterocycles. The van der Waals surface area contributed by atoms with Gasteiger partial charge in [-0.1, -0.05) is 24.3 Å². The molecule has 0 saturated carbocycles. The van der Waals surface area contributed by atoms with Crippen molar-refractivity contribution in [3.63, 3.8) is 0 Å². The van der Waals surface area contributed by atoms with Gasteiger partial charge in [0.2, 0.25) is 0 Å². The molecule has 0 radical (unpaired) electrons. The van der Waals surface area contributed by atoms with E-state index < -0.39 is 0 Å². The van der Waals surface area contributed by atoms with Crippen molar-refractivity contribution >= 4 is 23.5 Å². The minimum absolute atomic E-state index is 0.115. The molecule has 0 fully saturated rings. The molecule has 1 amide bonds. The molecule has 0 aliphatic rings. The van der Waals surface area contributed by atoms with Crippen molar-refractivity contribution in [1.29, 1.82) is 0 Å². The van der Waals surface area contributed by atoms with E-state index in [-0.39, 0.29) is 12.5 Å². The van der Waals surface area contributed by atoms with E-state index in [4.69, 9.17) is 9.47 Å². The summed E-state index contributed by atoms with van der Waals surface area (Å²) >= 11 is 0. The molecule has 31 heavy (non-hydrogen) atoms. The standard InChI is InChI=1S/C25H27N3O3/c1-4-30-24-15-20(16-26-28-21-8-6-5-7-9-21)11-13-23(24)31-17-25(29)27-22-12-10-18(2)19(3)14-22/h5-16,28H,4,17H2,1-3H3,(H,27,29)/b26-16+. The number of amides is 1. The van der Waals surface area contributed by atoms with Gasteiger partial charge in [0.25, 0.3) is 5.91 Å². The topological polar surface area (TPSA) is 71.9 Å². The zero-order valence-corrected chi connectivity index (χ0v) is 18.0. The third-order valence-electron chi connectivity index (χ3n) is 4.60. The third-order valence-corrected chi connectivity index (χ3v) is 4.60. The Hall–Kier alpha value is -3.80. The Bertz CT molecular complexity index is 1050. The number of nitrogens with zero attached hydrogens (tertiary/aromatic N) is 1. The van der Waals surface area contributed by atoms with Crippen LogP contribution in [0.2, 0.25) is 0 Å². The fraction of sp³-hybridized carbons (Fsp3) is 0.200. The first kappa shape index (κ1) is 21.9. The number of ether oxygens (including phenoxy) is 2. The number of anilines is 2. The highest BCUT2D eigenvalue weighted by Crippen LogP contribution is 2.28. The van der Waals surface area contributed by atoms with Crippen LogP contribution < -0.4 is 20.2 Å². The molecular formula is C25H27N3O3. The minimum atomic E-state index is -0.233. The van der Waals surface area contributed by atoms with Gasteiger partial charge in [-0.2, -0.15) is 5.10 Å². The van der Waals surface area contributed by atoms with Crippen molar-refractivity contribution in [2.75, 3.05) is 24.0 Å². The number of rotatable bonds is 9. The molecule has 3 aromatic rings. The molecular weight excluding hydrogens is 390 g/mol. The maximum Gasteiger partial charge on any atom is 0.262 e. The monoisotopic (exact) mass is 417 g/mol. The van der Waals surface area contributed by atoms with Gasteiger partial charge in [-0.25, -0.2) is 0 Å². The normalized spacial score (nSPS) is 10.7. The Morgan fingerprint density at radius 3 is 2.45 bits per heavy atom. The number of para-hydroxylation sites is 1. The second-order valence-corrected chi connectivity index (χ2v) is 7.01. The number of nitrogens with one attached hydrogen (secondary N) is 2. The summed E-state index contributed by atoms with van der Waals surface area (Å²) in [6.07, 6.45) is 1.70. The number of hydrogen-bond acceptors (Lipinski definition) is 5. The van der Waals surface area contributed by atoms with Crippen LogP contribution in [0.25, 0.3) is 0 Å². The Kier molecular flexibility index (Phi) is 7.65. The lowest BCUT2D eigenvalue weighted by Gasteiger charge is -2.13. The van der Waals surface area contributed by atoms with Crippen molar-refractivity contribution in [2.24, 2.45) is 5.10 Å². The average molecular weight is 418 g/mol. The van der Waals surface area contributed by atoms with Crippen LogP contribution in [0.3, 0.4) is 0 Å². The van der Waals surface area contributed by atoms with Crippen molar-refractivity contribution < 1.29 is 14.3 Å². The summed E-state index contributed by atoms with van der Waals surface area (Å²) in [4.78, 5) is 12.3. The largest absolute Gasteiger partial charge is 0.490 e. The number of aryl methyl sites for hydroxylation is 2. The smallest absolute Gasteiger partial charge is 0.262 e. The Balaban J connectivity index is 1.60. The molecule has 6 nitrogen and oxygen atoms in total. The van der Waals surface area contributed by atoms with Crippen LogP contribution in [0.4, 0.5) is 11.4 Å². The van der Waals surface area contributed by atoms with Crippen molar-refractivity contribution in [1.82, 2.24) is 0 Å². The van der Waals surface area contributed by atoms with E-state index in [0.29, 0.717) is 18.1 Å². The number of carbonyl (C=O) groups is 1. The molecule has 0 unspecified atom stereocenters. The molecule has 2 N–H and O–H groups in total. The summed E-state index contributed by atoms with van der Waals surface area (Å²) in [5.41, 5.74) is 7.77. The van der Waals surface area contributed by atoms with E-state index in [1.54, 1.807) is 12.3 Å². The molecule has 160 valence electrons. The molecule has 0 spiro atoms. The second kappa shape index (κ2) is 10.8. The van der Waals surface area contributed by atoms with Gasteiger partial charge in [-0.05, 0) is 79.9 Å². The molecule has 3 rings (SSSR count). The van der Waals surface area contributed by atoms with Gasteiger partial charge in [0.15, 0.2) is 18.1 Å². The first-order valence-corrected chi connectivity index (χ1v) is 10.2. The highest BCUT2D eigenvalue weighted by molar-refractivity contribution is 5.92. The minimum Gasteiger partial charge on any atom is -0.490 e. The van der Waals surface area contributed by atoms with Gasteiger partial charge in [0.1, 0.15) is 0 Å². The zero-order valence-electron chi connectivity index (χ0n) is 18.0. The van der Waals surface area contributed by atoms with E-state index in [0.717, 1.165) is 22.5 Å². The quantitative estimate of drug-likeness (QED) is 0.372. The van der Waals surface area contributed by atoms with E-state index >= 15 is 0 Å². The van der Waals surface area contributed by atoms with Gasteiger partial charge in [0, 0.05) is 5.69 Å². The number of hydrazone groups is 1. The van der Waals surface area contributed by atoms with Crippen LogP contribution in [-0.2, 0) is 4.79 Å². The Morgan fingerprint density at radius 2 is 1.71 bits per heavy atom. The highest BCUT2D eigenvalue weighted by atomic mass is 16.5. The van der Waals surface area contributed by atoms with Crippen molar-refractivity contribution in [2.45, 2.75) is 20.8 Å². The van der Waals surface area contributed by atoms with Crippen LogP contribution in [-0.4, -0.2) is 25.3 Å². The summed E-state index contributed by atoms with van der Waals surface area (Å²) < 4.78 is 11.4. The lowest BCUT2D eigenvalue weighted by molar-refractivity contribution is -0.118. The average Bonchev–Trinajstić information content (AvgIpc) is 2.77. The third kappa shape index (κ3) is 6.60. The first-order valence-electron chi connectivity index (χ1n) is 10.2. The molecule has 0 aliphatic heterocycles. The van der Waals surface area contributed by atoms with Gasteiger partial charge >= 0.3 is 0 Å². The van der Waals surface area contributed by atoms with Crippen molar-refractivity contribution in [3.8, 4) is 11.5 Å². The Morgan fingerprint density at radius 1 is 0.903 bits per heavy atom. The maximum absolute atomic E-state index is 12.3. The number of carbonyl (C=O) groups excluding carboxylic acids is 1. The second-order valence-electron chi connectivity index (χ2n) is 7.01. The summed E-state index contributed by atoms with van der Waals surface area (Å²) in [6, 6.07) is 21.0. The van der Waals surface area contributed by atoms with E-state index in [2.05, 4.69) is 15.8 Å². The van der Waals surface area contributed by atoms with Gasteiger partial charge in [-0.15, -0.1) is 0 Å². The molecule has 0 saturated heterocycles. The predicted octanol–water partition coefficient (Wildman–Crippen LogP) is 5.17. The summed E-state index contributed by atoms with van der Waals surface area (Å²) in [5.74, 6) is 0.832. The van der Waals surface area contributed by atoms with E-state index in [1.807, 2.05) is 81.4 Å². The van der Waals surface area contributed by atoms with Gasteiger partial charge in [-0.3, -0.25) is 10.2 Å². The molecule has 0 atom stereocenters. The Labute approximate surface area is 182 Å². The summed E-state index contributed by atoms with van der Waals surface area (Å²) in [6.45, 7) is 6.31. The molecule has 0 bridgehead atoms. The number of benzene rings is 3. The zero-order chi connectivity index (χ0) is 22.1. The fourth-order valence-corrected chi connectivity index (χ4v) is 2.85. The van der Waals surface area contributed by atoms with Crippen LogP contribution in [0.5, 0.6) is 11.5 Å². The van der Waals surface area contributed by atoms with Gasteiger partial charge in [0.05, 0.1) is 18.5 Å². The predicted molar refractivity (Wildman–Crippen MR) is 125 cm³/mol. The molecule has 0 aliphatic carbocycles. The van der Waals surface area contributed by atoms with Crippen molar-refractivity contribution in [3.05, 3.63) is 83.4 Å². The van der Waals surface area contributed by atoms with E-state index in [9.17, 15) is 4.79 Å². The van der Waals surface area contributed by atoms with Crippen LogP contribution in [0, 0.1) is 13.8 Å². The molecule has 0 aromatic heterocycles. The van der Waals surface area contributed by atoms with E-state index in [1.165, 1.54) is 5.56 Å². The lowest BCUT2D eigenvalue weighted by atomic mass is 10.1. The molecule has 6 heteroatoms. The van der Waals surface area contributed by atoms with Crippen LogP contribution >= 0.6 is 0 Å². The summed E-state index contributed by atoms with van der Waals surface area (Å²) in [5, 5.41) is 7.09. The fourth-order valence-electron chi connectivity index (χ4n) is 2.85. The molecule has 3 aromatic carbocycles. The van der Waals surface area contributed by atoms with Gasteiger partial charge < -0.3 is 14.8 Å². The highest BCUT2D eigenvalue weighted by Gasteiger charge is 2.10. The lowest BCUT2D eigenvalue weighted by Crippen LogP contribution is -2.20. The summed E-state index contributed by atoms with van der Waals surface area (Å²) in [7, 11) is 0. The number of hydrogen-bond donors (Lipinski definition) is 2.